The van der Waals surface area contributed by atoms with Crippen LogP contribution in [0.15, 0.2) is 12.7 Å². The lowest BCUT2D eigenvalue weighted by Gasteiger charge is -2.44. The van der Waals surface area contributed by atoms with E-state index < -0.39 is 8.32 Å². The first-order valence-corrected chi connectivity index (χ1v) is 9.71. The molecule has 0 saturated carbocycles. The number of carbonyl (C=O) groups excluding carboxylic acids is 1. The van der Waals surface area contributed by atoms with Gasteiger partial charge in [0.1, 0.15) is 12.1 Å². The van der Waals surface area contributed by atoms with Crippen molar-refractivity contribution in [1.29, 1.82) is 0 Å². The van der Waals surface area contributed by atoms with Crippen molar-refractivity contribution in [3.63, 3.8) is 0 Å². The maximum absolute atomic E-state index is 11.7. The predicted molar refractivity (Wildman–Crippen MR) is 79.3 cm³/mol. The number of hydrogen-bond donors (Lipinski definition) is 1. The van der Waals surface area contributed by atoms with Crippen LogP contribution in [0.4, 0.5) is 0 Å². The third-order valence-corrected chi connectivity index (χ3v) is 8.67. The highest BCUT2D eigenvalue weighted by atomic mass is 28.4. The Bertz CT molecular complexity index is 349. The molecule has 0 unspecified atom stereocenters. The zero-order valence-electron chi connectivity index (χ0n) is 12.9. The molecule has 1 aliphatic rings. The number of amides is 1. The summed E-state index contributed by atoms with van der Waals surface area (Å²) in [6.45, 7) is 17.0. The molecule has 1 saturated heterocycles. The Morgan fingerprint density at radius 1 is 1.47 bits per heavy atom. The van der Waals surface area contributed by atoms with Crippen molar-refractivity contribution in [2.75, 3.05) is 6.61 Å². The molecule has 19 heavy (non-hydrogen) atoms. The van der Waals surface area contributed by atoms with E-state index in [0.29, 0.717) is 6.61 Å². The summed E-state index contributed by atoms with van der Waals surface area (Å²) >= 11 is 0. The number of nitrogens with one attached hydrogen (secondary N) is 1. The number of ether oxygens (including phenoxy) is 1. The molecular weight excluding hydrogens is 258 g/mol. The quantitative estimate of drug-likeness (QED) is 0.464. The van der Waals surface area contributed by atoms with E-state index in [9.17, 15) is 4.79 Å². The predicted octanol–water partition coefficient (Wildman–Crippen LogP) is 2.67. The van der Waals surface area contributed by atoms with Crippen LogP contribution in [-0.2, 0) is 14.0 Å². The number of hydrogen-bond acceptors (Lipinski definition) is 3. The summed E-state index contributed by atoms with van der Waals surface area (Å²) < 4.78 is 11.8. The summed E-state index contributed by atoms with van der Waals surface area (Å²) in [6.07, 6.45) is 1.32. The van der Waals surface area contributed by atoms with E-state index in [1.54, 1.807) is 6.08 Å². The second kappa shape index (κ2) is 5.77. The first kappa shape index (κ1) is 16.4. The molecule has 0 radical (unpaired) electrons. The van der Waals surface area contributed by atoms with Crippen molar-refractivity contribution in [2.45, 2.75) is 58.2 Å². The molecule has 1 amide bonds. The van der Waals surface area contributed by atoms with Crippen molar-refractivity contribution in [2.24, 2.45) is 5.92 Å². The standard InChI is InChI=1S/C14H27NO3Si/c1-8-9-17-13-11(12(16)15-13)10(2)18-19(6,7)14(3,4)5/h8,10-11,13H,1,9H2,2-7H3,(H,15,16)/t10-,11+,13+/m1/s1. The summed E-state index contributed by atoms with van der Waals surface area (Å²) in [4.78, 5) is 11.7. The lowest BCUT2D eigenvalue weighted by molar-refractivity contribution is -0.160. The molecule has 110 valence electrons. The first-order valence-electron chi connectivity index (χ1n) is 6.81. The zero-order valence-corrected chi connectivity index (χ0v) is 13.9. The van der Waals surface area contributed by atoms with E-state index in [-0.39, 0.29) is 29.2 Å². The van der Waals surface area contributed by atoms with Gasteiger partial charge < -0.3 is 14.5 Å². The molecule has 5 heteroatoms. The third kappa shape index (κ3) is 3.67. The van der Waals surface area contributed by atoms with Crippen molar-refractivity contribution in [3.8, 4) is 0 Å². The lowest BCUT2D eigenvalue weighted by atomic mass is 9.93. The summed E-state index contributed by atoms with van der Waals surface area (Å²) in [6, 6.07) is 0. The smallest absolute Gasteiger partial charge is 0.232 e. The van der Waals surface area contributed by atoms with Crippen LogP contribution in [0.3, 0.4) is 0 Å². The first-order chi connectivity index (χ1) is 8.60. The number of carbonyl (C=O) groups is 1. The molecule has 0 bridgehead atoms. The number of β-lactam (4-membered cyclic amide) rings is 1. The van der Waals surface area contributed by atoms with E-state index in [2.05, 4.69) is 45.8 Å². The van der Waals surface area contributed by atoms with Crippen molar-refractivity contribution < 1.29 is 14.0 Å². The maximum atomic E-state index is 11.7. The van der Waals surface area contributed by atoms with E-state index in [1.165, 1.54) is 0 Å². The normalized spacial score (nSPS) is 25.5. The molecule has 1 N–H and O–H groups in total. The van der Waals surface area contributed by atoms with Crippen LogP contribution in [-0.4, -0.2) is 33.2 Å². The van der Waals surface area contributed by atoms with Gasteiger partial charge in [0.2, 0.25) is 5.91 Å². The molecule has 1 heterocycles. The molecular formula is C14H27NO3Si. The van der Waals surface area contributed by atoms with Crippen LogP contribution in [0.2, 0.25) is 18.1 Å². The second-order valence-electron chi connectivity index (χ2n) is 6.66. The molecule has 0 spiro atoms. The summed E-state index contributed by atoms with van der Waals surface area (Å²) in [5.41, 5.74) is 0. The third-order valence-electron chi connectivity index (χ3n) is 4.10. The van der Waals surface area contributed by atoms with E-state index in [0.717, 1.165) is 0 Å². The Labute approximate surface area is 117 Å². The van der Waals surface area contributed by atoms with Crippen LogP contribution in [0.25, 0.3) is 0 Å². The van der Waals surface area contributed by atoms with Crippen LogP contribution in [0.1, 0.15) is 27.7 Å². The maximum Gasteiger partial charge on any atom is 0.232 e. The highest BCUT2D eigenvalue weighted by Gasteiger charge is 2.47. The van der Waals surface area contributed by atoms with Crippen molar-refractivity contribution >= 4 is 14.2 Å². The molecule has 1 fully saturated rings. The van der Waals surface area contributed by atoms with E-state index in [1.807, 2.05) is 6.92 Å². The summed E-state index contributed by atoms with van der Waals surface area (Å²) in [5.74, 6) is -0.200. The van der Waals surface area contributed by atoms with Gasteiger partial charge in [-0.3, -0.25) is 4.79 Å². The molecule has 4 nitrogen and oxygen atoms in total. The second-order valence-corrected chi connectivity index (χ2v) is 11.4. The minimum absolute atomic E-state index is 0.0141. The number of rotatable bonds is 6. The van der Waals surface area contributed by atoms with Gasteiger partial charge in [-0.15, -0.1) is 6.58 Å². The van der Waals surface area contributed by atoms with Gasteiger partial charge in [0.15, 0.2) is 8.32 Å². The van der Waals surface area contributed by atoms with Crippen LogP contribution >= 0.6 is 0 Å². The van der Waals surface area contributed by atoms with Crippen LogP contribution in [0.5, 0.6) is 0 Å². The Morgan fingerprint density at radius 3 is 2.47 bits per heavy atom. The summed E-state index contributed by atoms with van der Waals surface area (Å²) in [7, 11) is -1.86. The summed E-state index contributed by atoms with van der Waals surface area (Å²) in [5, 5.41) is 2.90. The lowest BCUT2D eigenvalue weighted by Crippen LogP contribution is -2.64. The zero-order chi connectivity index (χ0) is 14.8. The van der Waals surface area contributed by atoms with Gasteiger partial charge in [-0.2, -0.15) is 0 Å². The molecule has 1 rings (SSSR count). The molecule has 0 aromatic rings. The molecule has 0 aromatic carbocycles. The Kier molecular flexibility index (Phi) is 4.98. The Morgan fingerprint density at radius 2 is 2.05 bits per heavy atom. The van der Waals surface area contributed by atoms with Gasteiger partial charge in [-0.05, 0) is 25.1 Å². The van der Waals surface area contributed by atoms with Gasteiger partial charge in [0.25, 0.3) is 0 Å². The Balaban J connectivity index is 2.64. The van der Waals surface area contributed by atoms with Gasteiger partial charge >= 0.3 is 0 Å². The monoisotopic (exact) mass is 285 g/mol. The van der Waals surface area contributed by atoms with Crippen molar-refractivity contribution in [3.05, 3.63) is 12.7 Å². The topological polar surface area (TPSA) is 47.6 Å². The minimum atomic E-state index is -1.86. The molecule has 3 atom stereocenters. The van der Waals surface area contributed by atoms with Crippen LogP contribution in [0, 0.1) is 5.92 Å². The van der Waals surface area contributed by atoms with E-state index in [4.69, 9.17) is 9.16 Å². The minimum Gasteiger partial charge on any atom is -0.413 e. The largest absolute Gasteiger partial charge is 0.413 e. The highest BCUT2D eigenvalue weighted by molar-refractivity contribution is 6.74. The van der Waals surface area contributed by atoms with Gasteiger partial charge in [0.05, 0.1) is 12.7 Å². The van der Waals surface area contributed by atoms with Gasteiger partial charge in [-0.25, -0.2) is 0 Å². The van der Waals surface area contributed by atoms with Crippen LogP contribution < -0.4 is 5.32 Å². The fraction of sp³-hybridized carbons (Fsp3) is 0.786. The van der Waals surface area contributed by atoms with E-state index >= 15 is 0 Å². The fourth-order valence-electron chi connectivity index (χ4n) is 1.86. The highest BCUT2D eigenvalue weighted by Crippen LogP contribution is 2.39. The SMILES string of the molecule is C=CCO[C@@H]1NC(=O)[C@@H]1[C@@H](C)O[Si](C)(C)C(C)(C)C. The average Bonchev–Trinajstić information content (AvgIpc) is 2.20. The average molecular weight is 285 g/mol. The molecule has 0 aliphatic carbocycles. The molecule has 0 aromatic heterocycles. The van der Waals surface area contributed by atoms with Crippen molar-refractivity contribution in [1.82, 2.24) is 5.32 Å². The van der Waals surface area contributed by atoms with Gasteiger partial charge in [-0.1, -0.05) is 26.8 Å². The Hall–Kier alpha value is -0.653. The molecule has 1 aliphatic heterocycles. The van der Waals surface area contributed by atoms with Gasteiger partial charge in [0, 0.05) is 0 Å². The fourth-order valence-corrected chi connectivity index (χ4v) is 3.29.